The summed E-state index contributed by atoms with van der Waals surface area (Å²) in [5, 5.41) is 3.18. The van der Waals surface area contributed by atoms with Gasteiger partial charge in [0, 0.05) is 30.6 Å². The van der Waals surface area contributed by atoms with Crippen LogP contribution in [0.25, 0.3) is 0 Å². The maximum absolute atomic E-state index is 13.2. The maximum atomic E-state index is 13.2. The predicted molar refractivity (Wildman–Crippen MR) is 111 cm³/mol. The first-order valence-electron chi connectivity index (χ1n) is 9.36. The van der Waals surface area contributed by atoms with E-state index in [4.69, 9.17) is 15.5 Å². The van der Waals surface area contributed by atoms with Crippen LogP contribution in [0.15, 0.2) is 46.9 Å². The topological polar surface area (TPSA) is 89.5 Å². The SMILES string of the molecule is NC=Nc1ccc(OCc2csc(C3CCN(c4ccnc(F)n4)CC3)n2)cc1. The van der Waals surface area contributed by atoms with E-state index in [1.807, 2.05) is 24.3 Å². The second-order valence-corrected chi connectivity index (χ2v) is 7.57. The van der Waals surface area contributed by atoms with E-state index in [0.29, 0.717) is 18.3 Å². The first-order chi connectivity index (χ1) is 14.2. The number of hydrogen-bond donors (Lipinski definition) is 1. The molecular weight excluding hydrogens is 391 g/mol. The van der Waals surface area contributed by atoms with Crippen molar-refractivity contribution in [2.24, 2.45) is 10.7 Å². The average molecular weight is 412 g/mol. The number of hydrogen-bond acceptors (Lipinski definition) is 7. The zero-order chi connectivity index (χ0) is 20.1. The van der Waals surface area contributed by atoms with Crippen molar-refractivity contribution in [3.05, 3.63) is 58.7 Å². The molecule has 2 N–H and O–H groups in total. The highest BCUT2D eigenvalue weighted by Gasteiger charge is 2.24. The Morgan fingerprint density at radius 1 is 1.21 bits per heavy atom. The van der Waals surface area contributed by atoms with E-state index in [9.17, 15) is 4.39 Å². The Kier molecular flexibility index (Phi) is 5.95. The first kappa shape index (κ1) is 19.3. The van der Waals surface area contributed by atoms with Gasteiger partial charge in [0.15, 0.2) is 0 Å². The third kappa shape index (κ3) is 4.86. The number of rotatable bonds is 6. The number of aliphatic imine (C=N–C) groups is 1. The van der Waals surface area contributed by atoms with Gasteiger partial charge < -0.3 is 15.4 Å². The van der Waals surface area contributed by atoms with Crippen molar-refractivity contribution in [3.8, 4) is 5.75 Å². The fourth-order valence-corrected chi connectivity index (χ4v) is 4.28. The number of aromatic nitrogens is 3. The van der Waals surface area contributed by atoms with E-state index in [1.165, 1.54) is 12.5 Å². The van der Waals surface area contributed by atoms with Crippen LogP contribution in [-0.4, -0.2) is 34.4 Å². The predicted octanol–water partition coefficient (Wildman–Crippen LogP) is 3.65. The largest absolute Gasteiger partial charge is 0.487 e. The molecule has 0 atom stereocenters. The highest BCUT2D eigenvalue weighted by molar-refractivity contribution is 7.09. The molecule has 9 heteroatoms. The van der Waals surface area contributed by atoms with Gasteiger partial charge in [0.25, 0.3) is 0 Å². The van der Waals surface area contributed by atoms with Crippen molar-refractivity contribution in [1.29, 1.82) is 0 Å². The summed E-state index contributed by atoms with van der Waals surface area (Å²) in [4.78, 5) is 18.2. The van der Waals surface area contributed by atoms with Crippen LogP contribution >= 0.6 is 11.3 Å². The molecule has 3 aromatic rings. The number of halogens is 1. The van der Waals surface area contributed by atoms with Gasteiger partial charge in [-0.05, 0) is 43.2 Å². The summed E-state index contributed by atoms with van der Waals surface area (Å²) in [5.41, 5.74) is 7.00. The van der Waals surface area contributed by atoms with Gasteiger partial charge >= 0.3 is 6.08 Å². The van der Waals surface area contributed by atoms with Crippen molar-refractivity contribution < 1.29 is 9.13 Å². The van der Waals surface area contributed by atoms with E-state index in [-0.39, 0.29) is 0 Å². The minimum atomic E-state index is -0.684. The summed E-state index contributed by atoms with van der Waals surface area (Å²) in [7, 11) is 0. The van der Waals surface area contributed by atoms with Gasteiger partial charge in [-0.1, -0.05) is 0 Å². The van der Waals surface area contributed by atoms with E-state index >= 15 is 0 Å². The zero-order valence-corrected chi connectivity index (χ0v) is 16.6. The molecule has 29 heavy (non-hydrogen) atoms. The summed E-state index contributed by atoms with van der Waals surface area (Å²) in [6, 6.07) is 9.17. The lowest BCUT2D eigenvalue weighted by Crippen LogP contribution is -2.33. The van der Waals surface area contributed by atoms with Gasteiger partial charge in [-0.25, -0.2) is 15.0 Å². The molecule has 0 bridgehead atoms. The van der Waals surface area contributed by atoms with Crippen LogP contribution in [0.4, 0.5) is 15.9 Å². The lowest BCUT2D eigenvalue weighted by Gasteiger charge is -2.31. The minimum absolute atomic E-state index is 0.407. The Morgan fingerprint density at radius 2 is 2.00 bits per heavy atom. The summed E-state index contributed by atoms with van der Waals surface area (Å²) in [5.74, 6) is 1.82. The number of anilines is 1. The first-order valence-corrected chi connectivity index (χ1v) is 10.2. The maximum Gasteiger partial charge on any atom is 0.310 e. The highest BCUT2D eigenvalue weighted by atomic mass is 32.1. The zero-order valence-electron chi connectivity index (χ0n) is 15.7. The molecule has 7 nitrogen and oxygen atoms in total. The number of benzene rings is 1. The van der Waals surface area contributed by atoms with Gasteiger partial charge in [-0.15, -0.1) is 11.3 Å². The molecule has 0 radical (unpaired) electrons. The molecule has 0 amide bonds. The molecule has 1 aromatic carbocycles. The van der Waals surface area contributed by atoms with Gasteiger partial charge in [0.1, 0.15) is 18.2 Å². The van der Waals surface area contributed by atoms with E-state index in [0.717, 1.165) is 48.1 Å². The third-order valence-electron chi connectivity index (χ3n) is 4.80. The van der Waals surface area contributed by atoms with Gasteiger partial charge in [-0.2, -0.15) is 9.37 Å². The van der Waals surface area contributed by atoms with Crippen LogP contribution in [0.2, 0.25) is 0 Å². The average Bonchev–Trinajstić information content (AvgIpc) is 3.23. The normalized spacial score (nSPS) is 15.1. The fraction of sp³-hybridized carbons (Fsp3) is 0.300. The monoisotopic (exact) mass is 412 g/mol. The van der Waals surface area contributed by atoms with Gasteiger partial charge in [-0.3, -0.25) is 0 Å². The molecule has 0 aliphatic carbocycles. The van der Waals surface area contributed by atoms with Crippen LogP contribution in [0.5, 0.6) is 5.75 Å². The summed E-state index contributed by atoms with van der Waals surface area (Å²) in [6.45, 7) is 2.07. The van der Waals surface area contributed by atoms with Crippen LogP contribution < -0.4 is 15.4 Å². The minimum Gasteiger partial charge on any atom is -0.487 e. The number of nitrogens with two attached hydrogens (primary N) is 1. The molecule has 1 aliphatic rings. The number of nitrogens with zero attached hydrogens (tertiary/aromatic N) is 5. The molecule has 0 saturated carbocycles. The summed E-state index contributed by atoms with van der Waals surface area (Å²) < 4.78 is 19.1. The van der Waals surface area contributed by atoms with Crippen molar-refractivity contribution in [2.45, 2.75) is 25.4 Å². The molecule has 0 unspecified atom stereocenters. The molecule has 0 spiro atoms. The lowest BCUT2D eigenvalue weighted by molar-refractivity contribution is 0.301. The Balaban J connectivity index is 1.30. The smallest absolute Gasteiger partial charge is 0.310 e. The summed E-state index contributed by atoms with van der Waals surface area (Å²) in [6.07, 6.45) is 3.96. The van der Waals surface area contributed by atoms with Crippen LogP contribution in [-0.2, 0) is 6.61 Å². The molecule has 3 heterocycles. The van der Waals surface area contributed by atoms with Crippen molar-refractivity contribution in [2.75, 3.05) is 18.0 Å². The molecule has 1 saturated heterocycles. The Bertz CT molecular complexity index is 969. The van der Waals surface area contributed by atoms with Crippen LogP contribution in [0.3, 0.4) is 0 Å². The molecule has 1 aliphatic heterocycles. The van der Waals surface area contributed by atoms with Gasteiger partial charge in [0.05, 0.1) is 22.7 Å². The quantitative estimate of drug-likeness (QED) is 0.378. The van der Waals surface area contributed by atoms with Crippen LogP contribution in [0, 0.1) is 6.08 Å². The van der Waals surface area contributed by atoms with Gasteiger partial charge in [0.2, 0.25) is 0 Å². The molecule has 2 aromatic heterocycles. The van der Waals surface area contributed by atoms with E-state index in [1.54, 1.807) is 17.4 Å². The molecule has 1 fully saturated rings. The number of thiazole rings is 1. The standard InChI is InChI=1S/C20H21FN6OS/c21-20-23-8-5-18(26-20)27-9-6-14(7-10-27)19-25-16(12-29-19)11-28-17-3-1-15(2-4-17)24-13-22/h1-5,8,12-14H,6-7,9-11H2,(H2,22,24). The van der Waals surface area contributed by atoms with Crippen molar-refractivity contribution in [1.82, 2.24) is 15.0 Å². The van der Waals surface area contributed by atoms with E-state index in [2.05, 4.69) is 25.2 Å². The number of piperidine rings is 1. The Labute approximate surface area is 172 Å². The van der Waals surface area contributed by atoms with Crippen molar-refractivity contribution in [3.63, 3.8) is 0 Å². The Morgan fingerprint density at radius 3 is 2.72 bits per heavy atom. The summed E-state index contributed by atoms with van der Waals surface area (Å²) >= 11 is 1.67. The molecule has 4 rings (SSSR count). The Hall–Kier alpha value is -3.07. The highest BCUT2D eigenvalue weighted by Crippen LogP contribution is 2.32. The van der Waals surface area contributed by atoms with Crippen molar-refractivity contribution >= 4 is 29.2 Å². The second-order valence-electron chi connectivity index (χ2n) is 6.68. The lowest BCUT2D eigenvalue weighted by atomic mass is 9.97. The fourth-order valence-electron chi connectivity index (χ4n) is 3.31. The molecular formula is C20H21FN6OS. The second kappa shape index (κ2) is 8.95. The van der Waals surface area contributed by atoms with E-state index < -0.39 is 6.08 Å². The third-order valence-corrected chi connectivity index (χ3v) is 5.85. The van der Waals surface area contributed by atoms with Crippen LogP contribution in [0.1, 0.15) is 29.5 Å². The number of ether oxygens (including phenoxy) is 1. The molecule has 150 valence electrons.